The number of carbonyl (C=O) groups excluding carboxylic acids is 1. The molecule has 0 aliphatic carbocycles. The minimum absolute atomic E-state index is 0.0180. The van der Waals surface area contributed by atoms with Crippen LogP contribution in [-0.4, -0.2) is 17.6 Å². The normalized spacial score (nSPS) is 18.6. The summed E-state index contributed by atoms with van der Waals surface area (Å²) in [7, 11) is 0. The molecule has 2 unspecified atom stereocenters. The largest absolute Gasteiger partial charge is 0.493 e. The number of amides is 1. The first-order valence-corrected chi connectivity index (χ1v) is 7.87. The van der Waals surface area contributed by atoms with E-state index in [0.29, 0.717) is 19.4 Å². The SMILES string of the molecule is CCC(=O)NC1CCOc2c(CC)cc(C(O)CC)cc21. The van der Waals surface area contributed by atoms with Gasteiger partial charge in [-0.1, -0.05) is 20.8 Å². The average Bonchev–Trinajstić information content (AvgIpc) is 2.53. The molecule has 2 rings (SSSR count). The van der Waals surface area contributed by atoms with Gasteiger partial charge in [-0.3, -0.25) is 4.79 Å². The number of fused-ring (bicyclic) bond motifs is 1. The molecule has 4 heteroatoms. The van der Waals surface area contributed by atoms with Crippen LogP contribution < -0.4 is 10.1 Å². The molecular formula is C17H25NO3. The smallest absolute Gasteiger partial charge is 0.220 e. The van der Waals surface area contributed by atoms with E-state index in [-0.39, 0.29) is 11.9 Å². The summed E-state index contributed by atoms with van der Waals surface area (Å²) in [4.78, 5) is 11.7. The number of benzene rings is 1. The lowest BCUT2D eigenvalue weighted by molar-refractivity contribution is -0.121. The van der Waals surface area contributed by atoms with Crippen LogP contribution in [0, 0.1) is 0 Å². The van der Waals surface area contributed by atoms with Gasteiger partial charge >= 0.3 is 0 Å². The molecule has 0 saturated carbocycles. The second-order valence-corrected chi connectivity index (χ2v) is 5.49. The van der Waals surface area contributed by atoms with Crippen molar-refractivity contribution in [3.05, 3.63) is 28.8 Å². The Morgan fingerprint density at radius 3 is 2.81 bits per heavy atom. The lowest BCUT2D eigenvalue weighted by atomic mass is 9.91. The molecule has 1 aliphatic rings. The summed E-state index contributed by atoms with van der Waals surface area (Å²) < 4.78 is 5.83. The van der Waals surface area contributed by atoms with E-state index < -0.39 is 6.10 Å². The van der Waals surface area contributed by atoms with Gasteiger partial charge in [-0.05, 0) is 36.1 Å². The van der Waals surface area contributed by atoms with Crippen LogP contribution in [-0.2, 0) is 11.2 Å². The van der Waals surface area contributed by atoms with Gasteiger partial charge in [0.05, 0.1) is 18.8 Å². The molecular weight excluding hydrogens is 266 g/mol. The van der Waals surface area contributed by atoms with Crippen LogP contribution >= 0.6 is 0 Å². The maximum Gasteiger partial charge on any atom is 0.220 e. The fourth-order valence-corrected chi connectivity index (χ4v) is 2.75. The van der Waals surface area contributed by atoms with Gasteiger partial charge in [-0.2, -0.15) is 0 Å². The Morgan fingerprint density at radius 1 is 1.43 bits per heavy atom. The number of rotatable bonds is 5. The van der Waals surface area contributed by atoms with E-state index in [1.54, 1.807) is 0 Å². The Labute approximate surface area is 126 Å². The van der Waals surface area contributed by atoms with Gasteiger partial charge in [0.2, 0.25) is 5.91 Å². The molecule has 2 atom stereocenters. The Hall–Kier alpha value is -1.55. The Balaban J connectivity index is 2.42. The van der Waals surface area contributed by atoms with Gasteiger partial charge in [0, 0.05) is 18.4 Å². The van der Waals surface area contributed by atoms with Crippen LogP contribution in [0.25, 0.3) is 0 Å². The lowest BCUT2D eigenvalue weighted by Gasteiger charge is -2.29. The van der Waals surface area contributed by atoms with E-state index in [4.69, 9.17) is 4.74 Å². The van der Waals surface area contributed by atoms with E-state index in [0.717, 1.165) is 35.3 Å². The molecule has 2 N–H and O–H groups in total. The number of hydrogen-bond donors (Lipinski definition) is 2. The van der Waals surface area contributed by atoms with Crippen molar-refractivity contribution in [2.45, 2.75) is 58.6 Å². The second-order valence-electron chi connectivity index (χ2n) is 5.49. The quantitative estimate of drug-likeness (QED) is 0.876. The van der Waals surface area contributed by atoms with Gasteiger partial charge < -0.3 is 15.2 Å². The van der Waals surface area contributed by atoms with Crippen molar-refractivity contribution >= 4 is 5.91 Å². The van der Waals surface area contributed by atoms with Crippen molar-refractivity contribution < 1.29 is 14.6 Å². The summed E-state index contributed by atoms with van der Waals surface area (Å²) in [6.45, 7) is 6.51. The predicted octanol–water partition coefficient (Wildman–Crippen LogP) is 3.04. The van der Waals surface area contributed by atoms with Crippen molar-refractivity contribution in [1.82, 2.24) is 5.32 Å². The van der Waals surface area contributed by atoms with E-state index in [1.165, 1.54) is 0 Å². The zero-order valence-corrected chi connectivity index (χ0v) is 13.1. The number of ether oxygens (including phenoxy) is 1. The lowest BCUT2D eigenvalue weighted by Crippen LogP contribution is -2.32. The summed E-state index contributed by atoms with van der Waals surface area (Å²) in [5.41, 5.74) is 3.02. The molecule has 0 radical (unpaired) electrons. The predicted molar refractivity (Wildman–Crippen MR) is 82.4 cm³/mol. The highest BCUT2D eigenvalue weighted by Crippen LogP contribution is 2.38. The van der Waals surface area contributed by atoms with Gasteiger partial charge in [-0.25, -0.2) is 0 Å². The molecule has 0 spiro atoms. The monoisotopic (exact) mass is 291 g/mol. The van der Waals surface area contributed by atoms with Crippen LogP contribution in [0.15, 0.2) is 12.1 Å². The number of carbonyl (C=O) groups is 1. The maximum atomic E-state index is 11.7. The molecule has 4 nitrogen and oxygen atoms in total. The first-order chi connectivity index (χ1) is 10.1. The minimum atomic E-state index is -0.468. The molecule has 1 aromatic carbocycles. The van der Waals surface area contributed by atoms with Crippen molar-refractivity contribution in [2.75, 3.05) is 6.61 Å². The number of aryl methyl sites for hydroxylation is 1. The van der Waals surface area contributed by atoms with Crippen molar-refractivity contribution in [2.24, 2.45) is 0 Å². The zero-order valence-electron chi connectivity index (χ0n) is 13.1. The van der Waals surface area contributed by atoms with Crippen LogP contribution in [0.3, 0.4) is 0 Å². The Kier molecular flexibility index (Phi) is 5.23. The third kappa shape index (κ3) is 3.38. The Bertz CT molecular complexity index is 513. The third-order valence-corrected chi connectivity index (χ3v) is 4.05. The van der Waals surface area contributed by atoms with Crippen LogP contribution in [0.2, 0.25) is 0 Å². The summed E-state index contributed by atoms with van der Waals surface area (Å²) >= 11 is 0. The van der Waals surface area contributed by atoms with E-state index >= 15 is 0 Å². The number of hydrogen-bond acceptors (Lipinski definition) is 3. The zero-order chi connectivity index (χ0) is 15.4. The number of aliphatic hydroxyl groups is 1. The molecule has 0 aromatic heterocycles. The maximum absolute atomic E-state index is 11.7. The van der Waals surface area contributed by atoms with Gasteiger partial charge in [-0.15, -0.1) is 0 Å². The first kappa shape index (κ1) is 15.8. The van der Waals surface area contributed by atoms with E-state index in [1.807, 2.05) is 26.0 Å². The molecule has 1 aliphatic heterocycles. The minimum Gasteiger partial charge on any atom is -0.493 e. The second kappa shape index (κ2) is 6.94. The van der Waals surface area contributed by atoms with Crippen molar-refractivity contribution in [3.63, 3.8) is 0 Å². The van der Waals surface area contributed by atoms with Gasteiger partial charge in [0.25, 0.3) is 0 Å². The number of nitrogens with one attached hydrogen (secondary N) is 1. The molecule has 1 amide bonds. The molecule has 116 valence electrons. The molecule has 0 fully saturated rings. The van der Waals surface area contributed by atoms with Gasteiger partial charge in [0.15, 0.2) is 0 Å². The van der Waals surface area contributed by atoms with Crippen molar-refractivity contribution in [3.8, 4) is 5.75 Å². The van der Waals surface area contributed by atoms with Crippen LogP contribution in [0.4, 0.5) is 0 Å². The summed E-state index contributed by atoms with van der Waals surface area (Å²) in [5, 5.41) is 13.2. The van der Waals surface area contributed by atoms with Crippen LogP contribution in [0.1, 0.15) is 68.9 Å². The van der Waals surface area contributed by atoms with Gasteiger partial charge in [0.1, 0.15) is 5.75 Å². The Morgan fingerprint density at radius 2 is 2.19 bits per heavy atom. The summed E-state index contributed by atoms with van der Waals surface area (Å²) in [6.07, 6.45) is 2.30. The molecule has 1 aromatic rings. The fraction of sp³-hybridized carbons (Fsp3) is 0.588. The molecule has 0 bridgehead atoms. The van der Waals surface area contributed by atoms with Crippen molar-refractivity contribution in [1.29, 1.82) is 0 Å². The standard InChI is InChI=1S/C17H25NO3/c1-4-11-9-12(15(19)5-2)10-13-14(18-16(20)6-3)7-8-21-17(11)13/h9-10,14-15,19H,4-8H2,1-3H3,(H,18,20). The first-order valence-electron chi connectivity index (χ1n) is 7.87. The van der Waals surface area contributed by atoms with E-state index in [2.05, 4.69) is 12.2 Å². The van der Waals surface area contributed by atoms with E-state index in [9.17, 15) is 9.90 Å². The topological polar surface area (TPSA) is 58.6 Å². The molecule has 0 saturated heterocycles. The third-order valence-electron chi connectivity index (χ3n) is 4.05. The highest BCUT2D eigenvalue weighted by atomic mass is 16.5. The average molecular weight is 291 g/mol. The summed E-state index contributed by atoms with van der Waals surface area (Å²) in [5.74, 6) is 0.935. The fourth-order valence-electron chi connectivity index (χ4n) is 2.75. The highest BCUT2D eigenvalue weighted by Gasteiger charge is 2.26. The summed E-state index contributed by atoms with van der Waals surface area (Å²) in [6, 6.07) is 4.00. The highest BCUT2D eigenvalue weighted by molar-refractivity contribution is 5.76. The molecule has 21 heavy (non-hydrogen) atoms. The van der Waals surface area contributed by atoms with Crippen LogP contribution in [0.5, 0.6) is 5.75 Å². The molecule has 1 heterocycles. The number of aliphatic hydroxyl groups excluding tert-OH is 1.